The Morgan fingerprint density at radius 1 is 1.20 bits per heavy atom. The molecule has 4 heterocycles. The van der Waals surface area contributed by atoms with Crippen molar-refractivity contribution in [3.63, 3.8) is 0 Å². The minimum atomic E-state index is 0.671. The van der Waals surface area contributed by atoms with Crippen LogP contribution in [-0.2, 0) is 6.54 Å². The monoisotopic (exact) mass is 264 g/mol. The summed E-state index contributed by atoms with van der Waals surface area (Å²) in [6, 6.07) is 8.29. The Kier molecular flexibility index (Phi) is 2.38. The largest absolute Gasteiger partial charge is 0.364 e. The minimum absolute atomic E-state index is 0.671. The number of anilines is 1. The summed E-state index contributed by atoms with van der Waals surface area (Å²) < 4.78 is 2.10. The highest BCUT2D eigenvalue weighted by molar-refractivity contribution is 5.81. The predicted molar refractivity (Wildman–Crippen MR) is 76.4 cm³/mol. The van der Waals surface area contributed by atoms with Crippen LogP contribution in [-0.4, -0.2) is 24.3 Å². The van der Waals surface area contributed by atoms with Crippen LogP contribution < -0.4 is 5.32 Å². The van der Waals surface area contributed by atoms with Crippen molar-refractivity contribution in [2.75, 3.05) is 5.32 Å². The maximum atomic E-state index is 4.25. The number of fused-ring (bicyclic) bond motifs is 2. The van der Waals surface area contributed by atoms with Crippen LogP contribution in [0.25, 0.3) is 16.7 Å². The lowest BCUT2D eigenvalue weighted by Crippen LogP contribution is -2.01. The van der Waals surface area contributed by atoms with E-state index >= 15 is 0 Å². The fourth-order valence-corrected chi connectivity index (χ4v) is 2.30. The molecule has 0 aliphatic rings. The lowest BCUT2D eigenvalue weighted by Gasteiger charge is -2.03. The highest BCUT2D eigenvalue weighted by atomic mass is 15.1. The van der Waals surface area contributed by atoms with E-state index in [1.165, 1.54) is 17.4 Å². The molecule has 20 heavy (non-hydrogen) atoms. The fourth-order valence-electron chi connectivity index (χ4n) is 2.30. The Hall–Kier alpha value is -2.89. The molecule has 0 radical (unpaired) electrons. The maximum Gasteiger partial charge on any atom is 0.182 e. The van der Waals surface area contributed by atoms with Crippen LogP contribution >= 0.6 is 0 Å². The van der Waals surface area contributed by atoms with E-state index in [1.807, 2.05) is 18.3 Å². The highest BCUT2D eigenvalue weighted by Crippen LogP contribution is 2.16. The second-order valence-electron chi connectivity index (χ2n) is 4.56. The van der Waals surface area contributed by atoms with Crippen molar-refractivity contribution in [3.8, 4) is 0 Å². The molecule has 0 atom stereocenters. The molecular weight excluding hydrogens is 252 g/mol. The van der Waals surface area contributed by atoms with Gasteiger partial charge in [-0.05, 0) is 23.8 Å². The van der Waals surface area contributed by atoms with E-state index in [1.54, 1.807) is 6.33 Å². The number of aromatic nitrogens is 5. The Morgan fingerprint density at radius 3 is 3.15 bits per heavy atom. The van der Waals surface area contributed by atoms with Gasteiger partial charge in [0.25, 0.3) is 0 Å². The minimum Gasteiger partial charge on any atom is -0.364 e. The Balaban J connectivity index is 1.62. The second-order valence-corrected chi connectivity index (χ2v) is 4.56. The molecule has 4 aromatic heterocycles. The molecule has 2 N–H and O–H groups in total. The average molecular weight is 264 g/mol. The molecular formula is C14H12N6. The van der Waals surface area contributed by atoms with Crippen molar-refractivity contribution in [2.45, 2.75) is 6.54 Å². The molecule has 0 saturated heterocycles. The topological polar surface area (TPSA) is 70.9 Å². The Bertz CT molecular complexity index is 842. The van der Waals surface area contributed by atoms with Crippen molar-refractivity contribution in [1.82, 2.24) is 24.3 Å². The molecule has 4 aromatic rings. The number of aromatic amines is 1. The van der Waals surface area contributed by atoms with E-state index in [0.717, 1.165) is 11.3 Å². The fraction of sp³-hybridized carbons (Fsp3) is 0.0714. The van der Waals surface area contributed by atoms with Gasteiger partial charge in [0.1, 0.15) is 11.8 Å². The number of nitrogens with one attached hydrogen (secondary N) is 2. The summed E-state index contributed by atoms with van der Waals surface area (Å²) in [4.78, 5) is 15.5. The lowest BCUT2D eigenvalue weighted by atomic mass is 10.3. The van der Waals surface area contributed by atoms with Gasteiger partial charge >= 0.3 is 0 Å². The van der Waals surface area contributed by atoms with Crippen molar-refractivity contribution in [2.24, 2.45) is 0 Å². The number of imidazole rings is 1. The summed E-state index contributed by atoms with van der Waals surface area (Å²) in [5, 5.41) is 3.32. The SMILES string of the molecule is c1ccn2cc(CNc3ncnc4nc[nH]c34)cc2c1. The number of rotatable bonds is 3. The quantitative estimate of drug-likeness (QED) is 0.595. The van der Waals surface area contributed by atoms with E-state index in [-0.39, 0.29) is 0 Å². The third-order valence-corrected chi connectivity index (χ3v) is 3.24. The standard InChI is InChI=1S/C14H12N6/c1-2-4-20-7-10(5-11(20)3-1)6-15-13-12-14(17-8-16-12)19-9-18-13/h1-5,7-9H,6H2,(H2,15,16,17,18,19). The second kappa shape index (κ2) is 4.34. The van der Waals surface area contributed by atoms with Gasteiger partial charge in [-0.15, -0.1) is 0 Å². The molecule has 0 unspecified atom stereocenters. The Labute approximate surface area is 114 Å². The molecule has 0 saturated carbocycles. The summed E-state index contributed by atoms with van der Waals surface area (Å²) in [7, 11) is 0. The first-order chi connectivity index (χ1) is 9.90. The van der Waals surface area contributed by atoms with Crippen LogP contribution in [0.5, 0.6) is 0 Å². The van der Waals surface area contributed by atoms with Gasteiger partial charge in [0.2, 0.25) is 0 Å². The molecule has 0 aliphatic heterocycles. The summed E-state index contributed by atoms with van der Waals surface area (Å²) in [6.45, 7) is 0.701. The van der Waals surface area contributed by atoms with Crippen molar-refractivity contribution < 1.29 is 0 Å². The van der Waals surface area contributed by atoms with E-state index in [4.69, 9.17) is 0 Å². The van der Waals surface area contributed by atoms with Crippen LogP contribution in [0.1, 0.15) is 5.56 Å². The molecule has 0 fully saturated rings. The Morgan fingerprint density at radius 2 is 2.20 bits per heavy atom. The third kappa shape index (κ3) is 1.78. The molecule has 0 bridgehead atoms. The molecule has 0 aromatic carbocycles. The van der Waals surface area contributed by atoms with E-state index in [9.17, 15) is 0 Å². The number of H-pyrrole nitrogens is 1. The summed E-state index contributed by atoms with van der Waals surface area (Å²) >= 11 is 0. The molecule has 6 heteroatoms. The van der Waals surface area contributed by atoms with Crippen molar-refractivity contribution >= 4 is 22.5 Å². The highest BCUT2D eigenvalue weighted by Gasteiger charge is 2.05. The number of pyridine rings is 1. The molecule has 0 spiro atoms. The van der Waals surface area contributed by atoms with Crippen LogP contribution in [0, 0.1) is 0 Å². The van der Waals surface area contributed by atoms with Gasteiger partial charge in [0, 0.05) is 24.5 Å². The number of nitrogens with zero attached hydrogens (tertiary/aromatic N) is 4. The van der Waals surface area contributed by atoms with Crippen LogP contribution in [0.4, 0.5) is 5.82 Å². The van der Waals surface area contributed by atoms with Crippen molar-refractivity contribution in [3.05, 3.63) is 54.9 Å². The number of hydrogen-bond acceptors (Lipinski definition) is 4. The van der Waals surface area contributed by atoms with Gasteiger partial charge in [0.15, 0.2) is 11.5 Å². The van der Waals surface area contributed by atoms with E-state index < -0.39 is 0 Å². The van der Waals surface area contributed by atoms with E-state index in [2.05, 4.69) is 48.0 Å². The molecule has 0 amide bonds. The van der Waals surface area contributed by atoms with Gasteiger partial charge in [-0.25, -0.2) is 15.0 Å². The molecule has 0 aliphatic carbocycles. The summed E-state index contributed by atoms with van der Waals surface area (Å²) in [5.41, 5.74) is 3.88. The van der Waals surface area contributed by atoms with Crippen LogP contribution in [0.3, 0.4) is 0 Å². The molecule has 98 valence electrons. The van der Waals surface area contributed by atoms with Gasteiger partial charge in [-0.1, -0.05) is 6.07 Å². The van der Waals surface area contributed by atoms with Gasteiger partial charge in [0.05, 0.1) is 6.33 Å². The van der Waals surface area contributed by atoms with Gasteiger partial charge < -0.3 is 14.7 Å². The zero-order valence-electron chi connectivity index (χ0n) is 10.6. The summed E-state index contributed by atoms with van der Waals surface area (Å²) in [5.74, 6) is 0.766. The van der Waals surface area contributed by atoms with Gasteiger partial charge in [-0.3, -0.25) is 0 Å². The molecule has 6 nitrogen and oxygen atoms in total. The lowest BCUT2D eigenvalue weighted by molar-refractivity contribution is 1.09. The van der Waals surface area contributed by atoms with Crippen LogP contribution in [0.15, 0.2) is 49.3 Å². The first-order valence-corrected chi connectivity index (χ1v) is 6.34. The van der Waals surface area contributed by atoms with E-state index in [0.29, 0.717) is 12.2 Å². The molecule has 4 rings (SSSR count). The first kappa shape index (κ1) is 11.0. The normalized spacial score (nSPS) is 11.2. The van der Waals surface area contributed by atoms with Crippen molar-refractivity contribution in [1.29, 1.82) is 0 Å². The zero-order valence-corrected chi connectivity index (χ0v) is 10.6. The number of hydrogen-bond donors (Lipinski definition) is 2. The summed E-state index contributed by atoms with van der Waals surface area (Å²) in [6.07, 6.45) is 7.28. The first-order valence-electron chi connectivity index (χ1n) is 6.34. The van der Waals surface area contributed by atoms with Gasteiger partial charge in [-0.2, -0.15) is 0 Å². The zero-order chi connectivity index (χ0) is 13.4. The van der Waals surface area contributed by atoms with Crippen LogP contribution in [0.2, 0.25) is 0 Å². The smallest absolute Gasteiger partial charge is 0.182 e. The third-order valence-electron chi connectivity index (χ3n) is 3.24. The predicted octanol–water partition coefficient (Wildman–Crippen LogP) is 2.22. The maximum absolute atomic E-state index is 4.25. The average Bonchev–Trinajstić information content (AvgIpc) is 3.11.